The zero-order valence-electron chi connectivity index (χ0n) is 12.6. The molecule has 19 heavy (non-hydrogen) atoms. The molecule has 4 heteroatoms. The number of nitrogens with zero attached hydrogens (tertiary/aromatic N) is 1. The van der Waals surface area contributed by atoms with Gasteiger partial charge in [-0.25, -0.2) is 4.79 Å². The van der Waals surface area contributed by atoms with Crippen LogP contribution in [0.5, 0.6) is 0 Å². The van der Waals surface area contributed by atoms with Gasteiger partial charge in [0, 0.05) is 19.7 Å². The first kappa shape index (κ1) is 14.6. The van der Waals surface area contributed by atoms with Crippen LogP contribution in [0.2, 0.25) is 0 Å². The second-order valence-corrected chi connectivity index (χ2v) is 6.81. The van der Waals surface area contributed by atoms with Crippen molar-refractivity contribution in [3.63, 3.8) is 0 Å². The average molecular weight is 268 g/mol. The maximum atomic E-state index is 12.1. The van der Waals surface area contributed by atoms with Crippen molar-refractivity contribution in [3.8, 4) is 0 Å². The minimum absolute atomic E-state index is 0.0872. The molecule has 110 valence electrons. The Bertz CT molecular complexity index is 313. The second kappa shape index (κ2) is 6.12. The molecule has 1 saturated heterocycles. The molecule has 1 spiro atoms. The first-order chi connectivity index (χ1) is 9.01. The smallest absolute Gasteiger partial charge is 0.317 e. The summed E-state index contributed by atoms with van der Waals surface area (Å²) in [4.78, 5) is 14.1. The number of carbonyl (C=O) groups is 1. The summed E-state index contributed by atoms with van der Waals surface area (Å²) in [6, 6.07) is 0.175. The van der Waals surface area contributed by atoms with Crippen LogP contribution in [0.1, 0.15) is 46.5 Å². The minimum Gasteiger partial charge on any atom is -0.379 e. The van der Waals surface area contributed by atoms with Crippen LogP contribution in [0.25, 0.3) is 0 Å². The highest BCUT2D eigenvalue weighted by atomic mass is 16.5. The van der Waals surface area contributed by atoms with E-state index in [1.165, 1.54) is 25.7 Å². The Morgan fingerprint density at radius 2 is 2.00 bits per heavy atom. The van der Waals surface area contributed by atoms with Crippen LogP contribution < -0.4 is 5.32 Å². The van der Waals surface area contributed by atoms with E-state index >= 15 is 0 Å². The van der Waals surface area contributed by atoms with Crippen LogP contribution in [0, 0.1) is 11.3 Å². The topological polar surface area (TPSA) is 41.6 Å². The Morgan fingerprint density at radius 1 is 1.26 bits per heavy atom. The molecular formula is C15H28N2O2. The zero-order valence-corrected chi connectivity index (χ0v) is 12.6. The summed E-state index contributed by atoms with van der Waals surface area (Å²) in [5, 5.41) is 3.04. The minimum atomic E-state index is 0.0872. The van der Waals surface area contributed by atoms with Gasteiger partial charge in [0.05, 0.1) is 12.6 Å². The van der Waals surface area contributed by atoms with E-state index in [4.69, 9.17) is 4.74 Å². The molecule has 0 aromatic heterocycles. The lowest BCUT2D eigenvalue weighted by molar-refractivity contribution is 0.0926. The number of hydrogen-bond acceptors (Lipinski definition) is 2. The summed E-state index contributed by atoms with van der Waals surface area (Å²) in [5.41, 5.74) is 0.481. The number of hydrogen-bond donors (Lipinski definition) is 1. The van der Waals surface area contributed by atoms with Gasteiger partial charge in [-0.3, -0.25) is 0 Å². The van der Waals surface area contributed by atoms with Crippen molar-refractivity contribution in [3.05, 3.63) is 0 Å². The number of nitrogens with one attached hydrogen (secondary N) is 1. The lowest BCUT2D eigenvalue weighted by Gasteiger charge is -2.38. The van der Waals surface area contributed by atoms with Crippen molar-refractivity contribution in [2.75, 3.05) is 26.3 Å². The second-order valence-electron chi connectivity index (χ2n) is 6.81. The maximum Gasteiger partial charge on any atom is 0.317 e. The van der Waals surface area contributed by atoms with E-state index in [0.29, 0.717) is 17.9 Å². The normalized spacial score (nSPS) is 22.6. The number of amides is 2. The Morgan fingerprint density at radius 3 is 2.53 bits per heavy atom. The van der Waals surface area contributed by atoms with E-state index in [1.54, 1.807) is 0 Å². The van der Waals surface area contributed by atoms with Crippen LogP contribution in [0.4, 0.5) is 4.79 Å². The molecule has 1 aliphatic heterocycles. The van der Waals surface area contributed by atoms with Gasteiger partial charge in [0.15, 0.2) is 0 Å². The quantitative estimate of drug-likeness (QED) is 0.833. The standard InChI is InChI=1S/C15H28N2O2/c1-12(2)9-19-10-13(3)16-14(18)17-8-7-15(11-17)5-4-6-15/h12-13H,4-11H2,1-3H3,(H,16,18)/t13-/m0/s1. The monoisotopic (exact) mass is 268 g/mol. The van der Waals surface area contributed by atoms with Gasteiger partial charge in [0.1, 0.15) is 0 Å². The SMILES string of the molecule is CC(C)COC[C@H](C)NC(=O)N1CCC2(CCC2)C1. The van der Waals surface area contributed by atoms with Gasteiger partial charge in [0.25, 0.3) is 0 Å². The van der Waals surface area contributed by atoms with E-state index < -0.39 is 0 Å². The Labute approximate surface area is 116 Å². The van der Waals surface area contributed by atoms with Crippen molar-refractivity contribution < 1.29 is 9.53 Å². The molecule has 1 saturated carbocycles. The lowest BCUT2D eigenvalue weighted by atomic mass is 9.68. The third kappa shape index (κ3) is 3.85. The van der Waals surface area contributed by atoms with Gasteiger partial charge in [-0.05, 0) is 37.5 Å². The third-order valence-electron chi connectivity index (χ3n) is 4.33. The van der Waals surface area contributed by atoms with E-state index in [0.717, 1.165) is 19.7 Å². The Kier molecular flexibility index (Phi) is 4.71. The van der Waals surface area contributed by atoms with Crippen molar-refractivity contribution >= 4 is 6.03 Å². The van der Waals surface area contributed by atoms with Crippen LogP contribution >= 0.6 is 0 Å². The summed E-state index contributed by atoms with van der Waals surface area (Å²) in [7, 11) is 0. The molecular weight excluding hydrogens is 240 g/mol. The van der Waals surface area contributed by atoms with Crippen LogP contribution in [-0.4, -0.2) is 43.3 Å². The van der Waals surface area contributed by atoms with E-state index in [-0.39, 0.29) is 12.1 Å². The molecule has 4 nitrogen and oxygen atoms in total. The van der Waals surface area contributed by atoms with Crippen LogP contribution in [-0.2, 0) is 4.74 Å². The van der Waals surface area contributed by atoms with E-state index in [2.05, 4.69) is 19.2 Å². The lowest BCUT2D eigenvalue weighted by Crippen LogP contribution is -2.45. The fourth-order valence-electron chi connectivity index (χ4n) is 3.02. The summed E-state index contributed by atoms with van der Waals surface area (Å²) in [6.45, 7) is 9.50. The van der Waals surface area contributed by atoms with Crippen molar-refractivity contribution in [1.29, 1.82) is 0 Å². The highest BCUT2D eigenvalue weighted by molar-refractivity contribution is 5.74. The molecule has 1 heterocycles. The highest BCUT2D eigenvalue weighted by Gasteiger charge is 2.44. The predicted molar refractivity (Wildman–Crippen MR) is 76.1 cm³/mol. The summed E-state index contributed by atoms with van der Waals surface area (Å²) >= 11 is 0. The molecule has 1 atom stereocenters. The van der Waals surface area contributed by atoms with Crippen LogP contribution in [0.3, 0.4) is 0 Å². The number of ether oxygens (including phenoxy) is 1. The number of urea groups is 1. The predicted octanol–water partition coefficient (Wildman–Crippen LogP) is 2.63. The summed E-state index contributed by atoms with van der Waals surface area (Å²) in [5.74, 6) is 0.542. The molecule has 0 radical (unpaired) electrons. The number of rotatable bonds is 5. The van der Waals surface area contributed by atoms with Gasteiger partial charge >= 0.3 is 6.03 Å². The Hall–Kier alpha value is -0.770. The highest BCUT2D eigenvalue weighted by Crippen LogP contribution is 2.47. The molecule has 0 bridgehead atoms. The fraction of sp³-hybridized carbons (Fsp3) is 0.933. The molecule has 2 aliphatic rings. The molecule has 1 aliphatic carbocycles. The van der Waals surface area contributed by atoms with Gasteiger partial charge in [-0.1, -0.05) is 20.3 Å². The maximum absolute atomic E-state index is 12.1. The first-order valence-corrected chi connectivity index (χ1v) is 7.64. The average Bonchev–Trinajstić information content (AvgIpc) is 2.73. The molecule has 2 amide bonds. The van der Waals surface area contributed by atoms with E-state index in [9.17, 15) is 4.79 Å². The molecule has 0 aromatic carbocycles. The van der Waals surface area contributed by atoms with Crippen LogP contribution in [0.15, 0.2) is 0 Å². The molecule has 0 unspecified atom stereocenters. The number of carbonyl (C=O) groups excluding carboxylic acids is 1. The van der Waals surface area contributed by atoms with Gasteiger partial charge in [0.2, 0.25) is 0 Å². The molecule has 2 fully saturated rings. The van der Waals surface area contributed by atoms with Gasteiger partial charge in [-0.15, -0.1) is 0 Å². The largest absolute Gasteiger partial charge is 0.379 e. The fourth-order valence-corrected chi connectivity index (χ4v) is 3.02. The summed E-state index contributed by atoms with van der Waals surface area (Å²) < 4.78 is 5.56. The zero-order chi connectivity index (χ0) is 13.9. The number of likely N-dealkylation sites (tertiary alicyclic amines) is 1. The Balaban J connectivity index is 1.66. The molecule has 2 rings (SSSR count). The van der Waals surface area contributed by atoms with E-state index in [1.807, 2.05) is 11.8 Å². The van der Waals surface area contributed by atoms with Gasteiger partial charge < -0.3 is 15.0 Å². The van der Waals surface area contributed by atoms with Crippen molar-refractivity contribution in [2.24, 2.45) is 11.3 Å². The molecule has 0 aromatic rings. The summed E-state index contributed by atoms with van der Waals surface area (Å²) in [6.07, 6.45) is 5.15. The van der Waals surface area contributed by atoms with Crippen molar-refractivity contribution in [2.45, 2.75) is 52.5 Å². The molecule has 1 N–H and O–H groups in total. The first-order valence-electron chi connectivity index (χ1n) is 7.64. The van der Waals surface area contributed by atoms with Gasteiger partial charge in [-0.2, -0.15) is 0 Å². The third-order valence-corrected chi connectivity index (χ3v) is 4.33. The van der Waals surface area contributed by atoms with Crippen molar-refractivity contribution in [1.82, 2.24) is 10.2 Å².